The largest absolute Gasteiger partial charge is 0.464 e. The summed E-state index contributed by atoms with van der Waals surface area (Å²) in [6, 6.07) is 1.60. The van der Waals surface area contributed by atoms with E-state index in [4.69, 9.17) is 4.42 Å². The third kappa shape index (κ3) is 4.61. The van der Waals surface area contributed by atoms with Crippen LogP contribution < -0.4 is 10.0 Å². The summed E-state index contributed by atoms with van der Waals surface area (Å²) in [7, 11) is -3.51. The highest BCUT2D eigenvalue weighted by Gasteiger charge is 2.24. The van der Waals surface area contributed by atoms with Crippen LogP contribution in [0.25, 0.3) is 0 Å². The minimum absolute atomic E-state index is 0.0582. The molecule has 1 rings (SSSR count). The summed E-state index contributed by atoms with van der Waals surface area (Å²) in [5.74, 6) is 1.07. The Morgan fingerprint density at radius 1 is 1.30 bits per heavy atom. The van der Waals surface area contributed by atoms with Crippen LogP contribution in [0, 0.1) is 12.3 Å². The highest BCUT2D eigenvalue weighted by molar-refractivity contribution is 7.89. The van der Waals surface area contributed by atoms with E-state index in [1.807, 2.05) is 27.7 Å². The van der Waals surface area contributed by atoms with Gasteiger partial charge in [0.1, 0.15) is 16.4 Å². The fourth-order valence-electron chi connectivity index (χ4n) is 1.62. The lowest BCUT2D eigenvalue weighted by molar-refractivity contribution is 0.350. The smallest absolute Gasteiger partial charge is 0.244 e. The topological polar surface area (TPSA) is 71.3 Å². The molecule has 0 atom stereocenters. The predicted octanol–water partition coefficient (Wildman–Crippen LogP) is 2.41. The Hall–Kier alpha value is -0.850. The lowest BCUT2D eigenvalue weighted by Crippen LogP contribution is -2.33. The standard InChI is InChI=1S/C14H26N2O3S/c1-6-14(4,5)10-16-20(17,18)13-8-12(9-15-7-2)19-11(13)3/h8,15-16H,6-7,9-10H2,1-5H3. The fourth-order valence-corrected chi connectivity index (χ4v) is 3.06. The predicted molar refractivity (Wildman–Crippen MR) is 80.1 cm³/mol. The van der Waals surface area contributed by atoms with Gasteiger partial charge in [-0.15, -0.1) is 0 Å². The van der Waals surface area contributed by atoms with Crippen LogP contribution in [0.5, 0.6) is 0 Å². The van der Waals surface area contributed by atoms with Crippen LogP contribution in [0.1, 0.15) is 45.6 Å². The van der Waals surface area contributed by atoms with E-state index in [1.165, 1.54) is 0 Å². The SMILES string of the molecule is CCNCc1cc(S(=O)(=O)NCC(C)(C)CC)c(C)o1. The van der Waals surface area contributed by atoms with Crippen LogP contribution in [-0.4, -0.2) is 21.5 Å². The number of furan rings is 1. The lowest BCUT2D eigenvalue weighted by Gasteiger charge is -2.22. The third-order valence-electron chi connectivity index (χ3n) is 3.46. The Bertz CT molecular complexity index is 533. The van der Waals surface area contributed by atoms with Crippen molar-refractivity contribution in [3.63, 3.8) is 0 Å². The summed E-state index contributed by atoms with van der Waals surface area (Å²) in [4.78, 5) is 0.234. The third-order valence-corrected chi connectivity index (χ3v) is 4.97. The van der Waals surface area contributed by atoms with Crippen molar-refractivity contribution in [3.8, 4) is 0 Å². The maximum atomic E-state index is 12.3. The van der Waals surface area contributed by atoms with Gasteiger partial charge in [0.2, 0.25) is 10.0 Å². The quantitative estimate of drug-likeness (QED) is 0.773. The first-order valence-corrected chi connectivity index (χ1v) is 8.50. The Labute approximate surface area is 122 Å². The van der Waals surface area contributed by atoms with Crippen molar-refractivity contribution in [1.82, 2.24) is 10.0 Å². The van der Waals surface area contributed by atoms with E-state index < -0.39 is 10.0 Å². The second-order valence-corrected chi connectivity index (χ2v) is 7.49. The van der Waals surface area contributed by atoms with Crippen LogP contribution in [0.4, 0.5) is 0 Å². The first-order valence-electron chi connectivity index (χ1n) is 7.01. The van der Waals surface area contributed by atoms with Gasteiger partial charge in [-0.05, 0) is 25.3 Å². The molecule has 0 aliphatic heterocycles. The number of aryl methyl sites for hydroxylation is 1. The second-order valence-electron chi connectivity index (χ2n) is 5.76. The van der Waals surface area contributed by atoms with E-state index in [1.54, 1.807) is 13.0 Å². The highest BCUT2D eigenvalue weighted by Crippen LogP contribution is 2.22. The van der Waals surface area contributed by atoms with Gasteiger partial charge in [-0.25, -0.2) is 13.1 Å². The Morgan fingerprint density at radius 3 is 2.50 bits per heavy atom. The Morgan fingerprint density at radius 2 is 1.95 bits per heavy atom. The molecule has 0 aliphatic rings. The summed E-state index contributed by atoms with van der Waals surface area (Å²) in [6.45, 7) is 11.5. The molecular formula is C14H26N2O3S. The number of rotatable bonds is 8. The average molecular weight is 302 g/mol. The summed E-state index contributed by atoms with van der Waals surface area (Å²) in [5, 5.41) is 3.11. The molecule has 0 fully saturated rings. The summed E-state index contributed by atoms with van der Waals surface area (Å²) in [5.41, 5.74) is -0.0582. The summed E-state index contributed by atoms with van der Waals surface area (Å²) in [6.07, 6.45) is 0.908. The molecule has 0 unspecified atom stereocenters. The lowest BCUT2D eigenvalue weighted by atomic mass is 9.91. The molecule has 6 heteroatoms. The normalized spacial score (nSPS) is 12.8. The van der Waals surface area contributed by atoms with Crippen LogP contribution in [0.15, 0.2) is 15.4 Å². The van der Waals surface area contributed by atoms with Crippen molar-refractivity contribution in [2.24, 2.45) is 5.41 Å². The number of hydrogen-bond donors (Lipinski definition) is 2. The van der Waals surface area contributed by atoms with Gasteiger partial charge in [0.25, 0.3) is 0 Å². The molecule has 0 aliphatic carbocycles. The number of nitrogens with one attached hydrogen (secondary N) is 2. The highest BCUT2D eigenvalue weighted by atomic mass is 32.2. The zero-order chi connectivity index (χ0) is 15.4. The molecule has 0 saturated carbocycles. The van der Waals surface area contributed by atoms with Crippen LogP contribution >= 0.6 is 0 Å². The van der Waals surface area contributed by atoms with E-state index in [9.17, 15) is 8.42 Å². The molecular weight excluding hydrogens is 276 g/mol. The maximum absolute atomic E-state index is 12.3. The molecule has 20 heavy (non-hydrogen) atoms. The number of hydrogen-bond acceptors (Lipinski definition) is 4. The molecule has 0 aromatic carbocycles. The van der Waals surface area contributed by atoms with Gasteiger partial charge in [0.05, 0.1) is 6.54 Å². The van der Waals surface area contributed by atoms with Crippen molar-refractivity contribution in [2.45, 2.75) is 52.5 Å². The number of sulfonamides is 1. The first-order chi connectivity index (χ1) is 9.22. The van der Waals surface area contributed by atoms with Crippen molar-refractivity contribution in [3.05, 3.63) is 17.6 Å². The molecule has 1 aromatic rings. The second kappa shape index (κ2) is 6.74. The van der Waals surface area contributed by atoms with E-state index in [-0.39, 0.29) is 10.3 Å². The van der Waals surface area contributed by atoms with Crippen molar-refractivity contribution >= 4 is 10.0 Å². The molecule has 1 aromatic heterocycles. The minimum atomic E-state index is -3.51. The molecule has 0 bridgehead atoms. The van der Waals surface area contributed by atoms with Gasteiger partial charge < -0.3 is 9.73 Å². The molecule has 2 N–H and O–H groups in total. The van der Waals surface area contributed by atoms with E-state index >= 15 is 0 Å². The van der Waals surface area contributed by atoms with Gasteiger partial charge in [-0.2, -0.15) is 0 Å². The first kappa shape index (κ1) is 17.2. The Kier molecular flexibility index (Phi) is 5.79. The Balaban J connectivity index is 2.84. The van der Waals surface area contributed by atoms with Crippen molar-refractivity contribution in [1.29, 1.82) is 0 Å². The zero-order valence-electron chi connectivity index (χ0n) is 13.0. The average Bonchev–Trinajstić information content (AvgIpc) is 2.76. The van der Waals surface area contributed by atoms with E-state index in [0.29, 0.717) is 24.6 Å². The monoisotopic (exact) mass is 302 g/mol. The minimum Gasteiger partial charge on any atom is -0.464 e. The van der Waals surface area contributed by atoms with E-state index in [2.05, 4.69) is 10.0 Å². The molecule has 0 radical (unpaired) electrons. The van der Waals surface area contributed by atoms with Gasteiger partial charge in [-0.1, -0.05) is 27.7 Å². The molecule has 5 nitrogen and oxygen atoms in total. The fraction of sp³-hybridized carbons (Fsp3) is 0.714. The van der Waals surface area contributed by atoms with Gasteiger partial charge in [0, 0.05) is 12.6 Å². The van der Waals surface area contributed by atoms with Gasteiger partial charge >= 0.3 is 0 Å². The van der Waals surface area contributed by atoms with Crippen LogP contribution in [-0.2, 0) is 16.6 Å². The van der Waals surface area contributed by atoms with E-state index in [0.717, 1.165) is 13.0 Å². The van der Waals surface area contributed by atoms with Crippen LogP contribution in [0.2, 0.25) is 0 Å². The molecule has 1 heterocycles. The summed E-state index contributed by atoms with van der Waals surface area (Å²) >= 11 is 0. The van der Waals surface area contributed by atoms with Gasteiger partial charge in [-0.3, -0.25) is 0 Å². The molecule has 0 spiro atoms. The van der Waals surface area contributed by atoms with Crippen molar-refractivity contribution < 1.29 is 12.8 Å². The summed E-state index contributed by atoms with van der Waals surface area (Å²) < 4.78 is 32.8. The van der Waals surface area contributed by atoms with Crippen LogP contribution in [0.3, 0.4) is 0 Å². The molecule has 116 valence electrons. The molecule has 0 amide bonds. The van der Waals surface area contributed by atoms with Crippen molar-refractivity contribution in [2.75, 3.05) is 13.1 Å². The van der Waals surface area contributed by atoms with Gasteiger partial charge in [0.15, 0.2) is 0 Å². The zero-order valence-corrected chi connectivity index (χ0v) is 13.9. The molecule has 0 saturated heterocycles. The maximum Gasteiger partial charge on any atom is 0.244 e.